The zero-order chi connectivity index (χ0) is 16.4. The van der Waals surface area contributed by atoms with Crippen molar-refractivity contribution < 1.29 is 9.47 Å². The van der Waals surface area contributed by atoms with Crippen LogP contribution in [0.3, 0.4) is 0 Å². The summed E-state index contributed by atoms with van der Waals surface area (Å²) in [6.07, 6.45) is 4.28. The number of rotatable bonds is 5. The second kappa shape index (κ2) is 6.63. The third-order valence-corrected chi connectivity index (χ3v) is 4.05. The molecule has 1 unspecified atom stereocenters. The summed E-state index contributed by atoms with van der Waals surface area (Å²) in [6.45, 7) is 1.41. The Morgan fingerprint density at radius 1 is 1.12 bits per heavy atom. The van der Waals surface area contributed by atoms with E-state index in [9.17, 15) is 0 Å². The summed E-state index contributed by atoms with van der Waals surface area (Å²) in [4.78, 5) is 4.62. The second-order valence-electron chi connectivity index (χ2n) is 5.75. The molecule has 4 heteroatoms. The standard InChI is InChI=1S/C20H16ClNO2/c21-16-7-5-15-6-9-17(22-20(15)11-16)8-4-14-2-1-3-18(10-14)23-12-19-13-24-19/h1-11,19H,12-13H2/b8-4+. The van der Waals surface area contributed by atoms with Crippen molar-refractivity contribution in [3.8, 4) is 5.75 Å². The molecular formula is C20H16ClNO2. The van der Waals surface area contributed by atoms with E-state index >= 15 is 0 Å². The fourth-order valence-electron chi connectivity index (χ4n) is 2.44. The van der Waals surface area contributed by atoms with Gasteiger partial charge in [0.2, 0.25) is 0 Å². The van der Waals surface area contributed by atoms with Crippen LogP contribution in [0.5, 0.6) is 5.75 Å². The van der Waals surface area contributed by atoms with E-state index in [0.29, 0.717) is 11.6 Å². The summed E-state index contributed by atoms with van der Waals surface area (Å²) in [5.74, 6) is 0.853. The van der Waals surface area contributed by atoms with E-state index in [0.717, 1.165) is 34.5 Å². The Kier molecular flexibility index (Phi) is 4.20. The molecule has 0 bridgehead atoms. The number of hydrogen-bond donors (Lipinski definition) is 0. The number of halogens is 1. The summed E-state index contributed by atoms with van der Waals surface area (Å²) < 4.78 is 10.9. The molecule has 0 N–H and O–H groups in total. The molecule has 0 spiro atoms. The van der Waals surface area contributed by atoms with Crippen LogP contribution in [0.2, 0.25) is 5.02 Å². The fraction of sp³-hybridized carbons (Fsp3) is 0.150. The molecule has 0 amide bonds. The van der Waals surface area contributed by atoms with Crippen LogP contribution in [0.4, 0.5) is 0 Å². The van der Waals surface area contributed by atoms with Crippen molar-refractivity contribution in [2.75, 3.05) is 13.2 Å². The Morgan fingerprint density at radius 3 is 2.88 bits per heavy atom. The van der Waals surface area contributed by atoms with E-state index in [1.807, 2.05) is 66.7 Å². The maximum atomic E-state index is 6.04. The molecule has 1 aliphatic rings. The predicted molar refractivity (Wildman–Crippen MR) is 97.4 cm³/mol. The Hall–Kier alpha value is -2.36. The van der Waals surface area contributed by atoms with Crippen LogP contribution in [0.15, 0.2) is 54.6 Å². The highest BCUT2D eigenvalue weighted by atomic mass is 35.5. The van der Waals surface area contributed by atoms with E-state index in [1.165, 1.54) is 0 Å². The van der Waals surface area contributed by atoms with Crippen molar-refractivity contribution in [3.05, 3.63) is 70.9 Å². The van der Waals surface area contributed by atoms with Crippen molar-refractivity contribution in [1.82, 2.24) is 4.98 Å². The zero-order valence-corrected chi connectivity index (χ0v) is 13.7. The lowest BCUT2D eigenvalue weighted by Gasteiger charge is -2.04. The summed E-state index contributed by atoms with van der Waals surface area (Å²) >= 11 is 6.04. The largest absolute Gasteiger partial charge is 0.491 e. The normalized spacial score (nSPS) is 16.6. The van der Waals surface area contributed by atoms with Gasteiger partial charge in [0, 0.05) is 10.4 Å². The van der Waals surface area contributed by atoms with E-state index in [1.54, 1.807) is 0 Å². The summed E-state index contributed by atoms with van der Waals surface area (Å²) in [5, 5.41) is 1.77. The van der Waals surface area contributed by atoms with E-state index in [4.69, 9.17) is 21.1 Å². The predicted octanol–water partition coefficient (Wildman–Crippen LogP) is 4.84. The highest BCUT2D eigenvalue weighted by Gasteiger charge is 2.22. The van der Waals surface area contributed by atoms with Crippen molar-refractivity contribution in [2.24, 2.45) is 0 Å². The molecule has 1 aromatic heterocycles. The molecule has 4 rings (SSSR count). The smallest absolute Gasteiger partial charge is 0.120 e. The van der Waals surface area contributed by atoms with Crippen molar-refractivity contribution in [3.63, 3.8) is 0 Å². The van der Waals surface area contributed by atoms with Gasteiger partial charge >= 0.3 is 0 Å². The number of nitrogens with zero attached hydrogens (tertiary/aromatic N) is 1. The Bertz CT molecular complexity index is 903. The number of pyridine rings is 1. The van der Waals surface area contributed by atoms with Gasteiger partial charge in [-0.25, -0.2) is 4.98 Å². The minimum atomic E-state index is 0.262. The average Bonchev–Trinajstić information content (AvgIpc) is 3.42. The Morgan fingerprint density at radius 2 is 2.00 bits per heavy atom. The lowest BCUT2D eigenvalue weighted by Crippen LogP contribution is -2.03. The molecule has 0 radical (unpaired) electrons. The average molecular weight is 338 g/mol. The van der Waals surface area contributed by atoms with E-state index in [-0.39, 0.29) is 6.10 Å². The van der Waals surface area contributed by atoms with Crippen molar-refractivity contribution in [1.29, 1.82) is 0 Å². The monoisotopic (exact) mass is 337 g/mol. The van der Waals surface area contributed by atoms with E-state index < -0.39 is 0 Å². The molecule has 24 heavy (non-hydrogen) atoms. The van der Waals surface area contributed by atoms with Crippen LogP contribution in [-0.4, -0.2) is 24.3 Å². The number of benzene rings is 2. The van der Waals surface area contributed by atoms with Crippen LogP contribution >= 0.6 is 11.6 Å². The second-order valence-corrected chi connectivity index (χ2v) is 6.18. The van der Waals surface area contributed by atoms with Gasteiger partial charge in [-0.15, -0.1) is 0 Å². The molecule has 1 saturated heterocycles. The molecule has 2 aromatic carbocycles. The molecule has 2 heterocycles. The van der Waals surface area contributed by atoms with Crippen LogP contribution in [0.25, 0.3) is 23.1 Å². The van der Waals surface area contributed by atoms with Crippen LogP contribution in [0, 0.1) is 0 Å². The lowest BCUT2D eigenvalue weighted by molar-refractivity contribution is 0.263. The van der Waals surface area contributed by atoms with Gasteiger partial charge < -0.3 is 9.47 Å². The molecular weight excluding hydrogens is 322 g/mol. The maximum Gasteiger partial charge on any atom is 0.120 e. The van der Waals surface area contributed by atoms with Gasteiger partial charge in [-0.2, -0.15) is 0 Å². The van der Waals surface area contributed by atoms with Gasteiger partial charge in [-0.3, -0.25) is 0 Å². The molecule has 3 aromatic rings. The van der Waals surface area contributed by atoms with Gasteiger partial charge in [0.25, 0.3) is 0 Å². The lowest BCUT2D eigenvalue weighted by atomic mass is 10.1. The molecule has 1 fully saturated rings. The van der Waals surface area contributed by atoms with Crippen LogP contribution in [-0.2, 0) is 4.74 Å². The molecule has 1 aliphatic heterocycles. The van der Waals surface area contributed by atoms with Gasteiger partial charge in [0.15, 0.2) is 0 Å². The first-order chi connectivity index (χ1) is 11.8. The number of aromatic nitrogens is 1. The molecule has 0 saturated carbocycles. The third-order valence-electron chi connectivity index (χ3n) is 3.82. The number of ether oxygens (including phenoxy) is 2. The van der Waals surface area contributed by atoms with Crippen LogP contribution in [0.1, 0.15) is 11.3 Å². The Labute approximate surface area is 145 Å². The fourth-order valence-corrected chi connectivity index (χ4v) is 2.61. The Balaban J connectivity index is 1.52. The maximum absolute atomic E-state index is 6.04. The first kappa shape index (κ1) is 15.2. The SMILES string of the molecule is Clc1ccc2ccc(/C=C/c3cccc(OCC4CO4)c3)nc2c1. The summed E-state index contributed by atoms with van der Waals surface area (Å²) in [5.41, 5.74) is 2.85. The number of epoxide rings is 1. The van der Waals surface area contributed by atoms with Gasteiger partial charge in [0.1, 0.15) is 18.5 Å². The first-order valence-corrected chi connectivity index (χ1v) is 8.23. The minimum absolute atomic E-state index is 0.262. The quantitative estimate of drug-likeness (QED) is 0.625. The third kappa shape index (κ3) is 3.75. The van der Waals surface area contributed by atoms with Crippen molar-refractivity contribution >= 4 is 34.7 Å². The molecule has 0 aliphatic carbocycles. The van der Waals surface area contributed by atoms with Crippen LogP contribution < -0.4 is 4.74 Å². The van der Waals surface area contributed by atoms with Crippen molar-refractivity contribution in [2.45, 2.75) is 6.10 Å². The van der Waals surface area contributed by atoms with E-state index in [2.05, 4.69) is 4.98 Å². The highest BCUT2D eigenvalue weighted by Crippen LogP contribution is 2.20. The molecule has 3 nitrogen and oxygen atoms in total. The first-order valence-electron chi connectivity index (χ1n) is 7.85. The van der Waals surface area contributed by atoms with Gasteiger partial charge in [-0.05, 0) is 42.0 Å². The number of fused-ring (bicyclic) bond motifs is 1. The number of hydrogen-bond acceptors (Lipinski definition) is 3. The minimum Gasteiger partial charge on any atom is -0.491 e. The highest BCUT2D eigenvalue weighted by molar-refractivity contribution is 6.31. The summed E-state index contributed by atoms with van der Waals surface area (Å²) in [7, 11) is 0. The van der Waals surface area contributed by atoms with Gasteiger partial charge in [0.05, 0.1) is 17.8 Å². The molecule has 1 atom stereocenters. The topological polar surface area (TPSA) is 34.6 Å². The zero-order valence-electron chi connectivity index (χ0n) is 13.0. The molecule has 120 valence electrons. The van der Waals surface area contributed by atoms with Gasteiger partial charge in [-0.1, -0.05) is 41.9 Å². The summed E-state index contributed by atoms with van der Waals surface area (Å²) in [6, 6.07) is 17.8.